The normalized spacial score (nSPS) is 18.8. The maximum Gasteiger partial charge on any atom is 0.406 e. The predicted octanol–water partition coefficient (Wildman–Crippen LogP) is 5.81. The van der Waals surface area contributed by atoms with Crippen molar-refractivity contribution in [2.24, 2.45) is 0 Å². The van der Waals surface area contributed by atoms with Gasteiger partial charge in [0.1, 0.15) is 18.5 Å². The van der Waals surface area contributed by atoms with Gasteiger partial charge in [-0.3, -0.25) is 0 Å². The number of hydrogen-bond donors (Lipinski definition) is 2. The summed E-state index contributed by atoms with van der Waals surface area (Å²) in [5.74, 6) is 0.0505. The number of thiophene rings is 1. The first-order valence-corrected chi connectivity index (χ1v) is 13.3. The van der Waals surface area contributed by atoms with Crippen molar-refractivity contribution in [2.75, 3.05) is 31.2 Å². The summed E-state index contributed by atoms with van der Waals surface area (Å²) in [6.45, 7) is -0.457. The fourth-order valence-electron chi connectivity index (χ4n) is 5.41. The van der Waals surface area contributed by atoms with E-state index in [1.165, 1.54) is 0 Å². The Morgan fingerprint density at radius 2 is 2.08 bits per heavy atom. The van der Waals surface area contributed by atoms with E-state index in [-0.39, 0.29) is 41.7 Å². The molecule has 5 aromatic rings. The minimum absolute atomic E-state index is 0.0468. The number of anilines is 2. The Hall–Kier alpha value is -3.71. The Balaban J connectivity index is 1.45. The highest BCUT2D eigenvalue weighted by molar-refractivity contribution is 7.17. The summed E-state index contributed by atoms with van der Waals surface area (Å²) in [6, 6.07) is 8.60. The summed E-state index contributed by atoms with van der Waals surface area (Å²) in [6.07, 6.45) is -3.77. The van der Waals surface area contributed by atoms with Crippen molar-refractivity contribution in [1.29, 1.82) is 0 Å². The maximum absolute atomic E-state index is 15.5. The van der Waals surface area contributed by atoms with Crippen molar-refractivity contribution >= 4 is 43.8 Å². The molecule has 0 aliphatic carbocycles. The smallest absolute Gasteiger partial charge is 0.398 e. The lowest BCUT2D eigenvalue weighted by Crippen LogP contribution is -2.38. The molecule has 1 fully saturated rings. The third-order valence-electron chi connectivity index (χ3n) is 7.08. The highest BCUT2D eigenvalue weighted by Gasteiger charge is 2.38. The first kappa shape index (κ1) is 25.6. The monoisotopic (exact) mass is 559 g/mol. The number of pyridine rings is 1. The molecule has 1 aliphatic rings. The fraction of sp³-hybridized carbons (Fsp3) is 0.346. The van der Waals surface area contributed by atoms with Crippen LogP contribution in [0.15, 0.2) is 46.4 Å². The van der Waals surface area contributed by atoms with Gasteiger partial charge in [-0.2, -0.15) is 18.2 Å². The standard InChI is InChI=1S/C26H25F4N7OS/c1-36-9-6-14(16(27)12-36)21-22-17(31)3-2-4-18(22)37(13-26(28,29)30)23(21)25-34-20(38-35-25)11-33-24-15-7-10-39-19(15)5-8-32-24/h2-5,7-8,10,14,16H,6,9,11-13,31H2,1H3,(H,32,33)/t14-,16+/m0/s1. The van der Waals surface area contributed by atoms with Crippen molar-refractivity contribution in [3.05, 3.63) is 53.4 Å². The number of nitrogens with zero attached hydrogens (tertiary/aromatic N) is 5. The quantitative estimate of drug-likeness (QED) is 0.200. The number of nitrogens with two attached hydrogens (primary N) is 1. The SMILES string of the molecule is CN1CC[C@H](c2c(-c3noc(CNc4nccc5sccc45)n3)n(CC(F)(F)F)c3cccc(N)c23)[C@H](F)C1. The summed E-state index contributed by atoms with van der Waals surface area (Å²) in [5, 5.41) is 10.5. The zero-order valence-electron chi connectivity index (χ0n) is 20.9. The van der Waals surface area contributed by atoms with E-state index in [0.717, 1.165) is 14.7 Å². The Bertz CT molecular complexity index is 1640. The van der Waals surface area contributed by atoms with Crippen LogP contribution < -0.4 is 11.1 Å². The lowest BCUT2D eigenvalue weighted by molar-refractivity contribution is -0.139. The van der Waals surface area contributed by atoms with Gasteiger partial charge in [0.25, 0.3) is 0 Å². The molecule has 5 heterocycles. The van der Waals surface area contributed by atoms with E-state index in [2.05, 4.69) is 20.4 Å². The van der Waals surface area contributed by atoms with Crippen molar-refractivity contribution in [3.8, 4) is 11.5 Å². The number of hydrogen-bond acceptors (Lipinski definition) is 8. The Morgan fingerprint density at radius 3 is 2.87 bits per heavy atom. The van der Waals surface area contributed by atoms with Crippen LogP contribution in [0.3, 0.4) is 0 Å². The van der Waals surface area contributed by atoms with E-state index in [9.17, 15) is 13.2 Å². The molecule has 1 saturated heterocycles. The molecule has 0 radical (unpaired) electrons. The summed E-state index contributed by atoms with van der Waals surface area (Å²) >= 11 is 1.58. The number of fused-ring (bicyclic) bond motifs is 2. The van der Waals surface area contributed by atoms with Crippen LogP contribution in [0.4, 0.5) is 29.1 Å². The van der Waals surface area contributed by atoms with Crippen LogP contribution in [0.1, 0.15) is 23.8 Å². The summed E-state index contributed by atoms with van der Waals surface area (Å²) in [5.41, 5.74) is 7.29. The second kappa shape index (κ2) is 9.79. The highest BCUT2D eigenvalue weighted by atomic mass is 32.1. The van der Waals surface area contributed by atoms with Crippen LogP contribution >= 0.6 is 11.3 Å². The van der Waals surface area contributed by atoms with E-state index in [1.54, 1.807) is 35.7 Å². The van der Waals surface area contributed by atoms with E-state index in [1.807, 2.05) is 29.5 Å². The number of aromatic nitrogens is 4. The zero-order valence-corrected chi connectivity index (χ0v) is 21.7. The molecule has 1 aliphatic heterocycles. The topological polar surface area (TPSA) is 98.0 Å². The van der Waals surface area contributed by atoms with Gasteiger partial charge in [0, 0.05) is 39.8 Å². The molecule has 4 aromatic heterocycles. The zero-order chi connectivity index (χ0) is 27.3. The van der Waals surface area contributed by atoms with Gasteiger partial charge in [-0.05, 0) is 55.2 Å². The number of rotatable bonds is 6. The molecule has 2 atom stereocenters. The molecular weight excluding hydrogens is 534 g/mol. The molecule has 39 heavy (non-hydrogen) atoms. The van der Waals surface area contributed by atoms with Crippen molar-refractivity contribution in [2.45, 2.75) is 37.8 Å². The molecule has 0 saturated carbocycles. The number of nitrogen functional groups attached to an aromatic ring is 1. The molecule has 13 heteroatoms. The predicted molar refractivity (Wildman–Crippen MR) is 142 cm³/mol. The van der Waals surface area contributed by atoms with Gasteiger partial charge in [-0.15, -0.1) is 11.3 Å². The number of halogens is 4. The van der Waals surface area contributed by atoms with Gasteiger partial charge in [0.15, 0.2) is 0 Å². The van der Waals surface area contributed by atoms with Crippen molar-refractivity contribution in [3.63, 3.8) is 0 Å². The second-order valence-electron chi connectivity index (χ2n) is 9.74. The Labute approximate surface area is 224 Å². The van der Waals surface area contributed by atoms with Gasteiger partial charge < -0.3 is 25.0 Å². The average Bonchev–Trinajstić information content (AvgIpc) is 3.61. The molecule has 0 spiro atoms. The average molecular weight is 560 g/mol. The third kappa shape index (κ3) is 4.80. The molecular formula is C26H25F4N7OS. The molecule has 0 amide bonds. The van der Waals surface area contributed by atoms with Gasteiger partial charge >= 0.3 is 6.18 Å². The summed E-state index contributed by atoms with van der Waals surface area (Å²) in [4.78, 5) is 10.7. The van der Waals surface area contributed by atoms with Crippen molar-refractivity contribution in [1.82, 2.24) is 24.6 Å². The number of nitrogens with one attached hydrogen (secondary N) is 1. The van der Waals surface area contributed by atoms with Gasteiger partial charge in [-0.1, -0.05) is 11.2 Å². The lowest BCUT2D eigenvalue weighted by atomic mass is 9.85. The first-order valence-electron chi connectivity index (χ1n) is 12.4. The van der Waals surface area contributed by atoms with E-state index < -0.39 is 24.8 Å². The molecule has 1 aromatic carbocycles. The summed E-state index contributed by atoms with van der Waals surface area (Å²) in [7, 11) is 1.81. The molecule has 0 bridgehead atoms. The van der Waals surface area contributed by atoms with E-state index in [4.69, 9.17) is 10.3 Å². The fourth-order valence-corrected chi connectivity index (χ4v) is 6.19. The van der Waals surface area contributed by atoms with Gasteiger partial charge in [0.2, 0.25) is 11.7 Å². The van der Waals surface area contributed by atoms with Crippen LogP contribution in [-0.2, 0) is 13.1 Å². The van der Waals surface area contributed by atoms with Crippen LogP contribution in [0.2, 0.25) is 0 Å². The molecule has 3 N–H and O–H groups in total. The summed E-state index contributed by atoms with van der Waals surface area (Å²) < 4.78 is 64.6. The van der Waals surface area contributed by atoms with Crippen molar-refractivity contribution < 1.29 is 22.1 Å². The third-order valence-corrected chi connectivity index (χ3v) is 7.96. The van der Waals surface area contributed by atoms with Crippen LogP contribution in [-0.4, -0.2) is 57.1 Å². The lowest BCUT2D eigenvalue weighted by Gasteiger charge is -2.32. The van der Waals surface area contributed by atoms with Crippen LogP contribution in [0, 0.1) is 0 Å². The number of likely N-dealkylation sites (tertiary alicyclic amines) is 1. The molecule has 204 valence electrons. The number of piperidine rings is 1. The number of benzene rings is 1. The minimum Gasteiger partial charge on any atom is -0.398 e. The van der Waals surface area contributed by atoms with Gasteiger partial charge in [0.05, 0.1) is 17.8 Å². The largest absolute Gasteiger partial charge is 0.406 e. The van der Waals surface area contributed by atoms with Crippen LogP contribution in [0.5, 0.6) is 0 Å². The van der Waals surface area contributed by atoms with Gasteiger partial charge in [-0.25, -0.2) is 9.37 Å². The van der Waals surface area contributed by atoms with Crippen LogP contribution in [0.25, 0.3) is 32.5 Å². The van der Waals surface area contributed by atoms with E-state index in [0.29, 0.717) is 29.7 Å². The Morgan fingerprint density at radius 1 is 1.23 bits per heavy atom. The number of alkyl halides is 4. The second-order valence-corrected chi connectivity index (χ2v) is 10.7. The minimum atomic E-state index is -4.55. The highest BCUT2D eigenvalue weighted by Crippen LogP contribution is 2.45. The molecule has 0 unspecified atom stereocenters. The van der Waals surface area contributed by atoms with E-state index >= 15 is 4.39 Å². The first-order chi connectivity index (χ1) is 18.7. The molecule has 6 rings (SSSR count). The molecule has 8 nitrogen and oxygen atoms in total. The Kier molecular flexibility index (Phi) is 6.42. The maximum atomic E-state index is 15.5.